The van der Waals surface area contributed by atoms with Crippen LogP contribution in [-0.2, 0) is 0 Å². The highest BCUT2D eigenvalue weighted by atomic mass is 79.9. The fraction of sp³-hybridized carbons (Fsp3) is 0. The average molecular weight is 383 g/mol. The molecule has 0 aliphatic carbocycles. The van der Waals surface area contributed by atoms with Gasteiger partial charge in [0.25, 0.3) is 0 Å². The summed E-state index contributed by atoms with van der Waals surface area (Å²) in [5, 5.41) is 7.67. The van der Waals surface area contributed by atoms with E-state index in [9.17, 15) is 0 Å². The van der Waals surface area contributed by atoms with E-state index in [1.54, 1.807) is 0 Å². The molecule has 1 heteroatoms. The molecule has 0 radical (unpaired) electrons. The van der Waals surface area contributed by atoms with Gasteiger partial charge in [0, 0.05) is 4.47 Å². The zero-order valence-corrected chi connectivity index (χ0v) is 15.1. The van der Waals surface area contributed by atoms with Crippen molar-refractivity contribution >= 4 is 48.2 Å². The summed E-state index contributed by atoms with van der Waals surface area (Å²) in [6.07, 6.45) is 0. The first kappa shape index (κ1) is 14.7. The maximum absolute atomic E-state index is 3.69. The topological polar surface area (TPSA) is 0 Å². The van der Waals surface area contributed by atoms with E-state index >= 15 is 0 Å². The minimum atomic E-state index is 1.14. The van der Waals surface area contributed by atoms with Crippen molar-refractivity contribution in [1.29, 1.82) is 0 Å². The second-order valence-corrected chi connectivity index (χ2v) is 7.22. The largest absolute Gasteiger partial charge is 0.0616 e. The van der Waals surface area contributed by atoms with Crippen LogP contribution in [0.5, 0.6) is 0 Å². The molecule has 25 heavy (non-hydrogen) atoms. The van der Waals surface area contributed by atoms with Crippen LogP contribution < -0.4 is 0 Å². The van der Waals surface area contributed by atoms with Crippen LogP contribution in [0.3, 0.4) is 0 Å². The zero-order chi connectivity index (χ0) is 16.8. The summed E-state index contributed by atoms with van der Waals surface area (Å²) in [5.74, 6) is 0. The van der Waals surface area contributed by atoms with E-state index in [4.69, 9.17) is 0 Å². The molecule has 0 N–H and O–H groups in total. The lowest BCUT2D eigenvalue weighted by Crippen LogP contribution is -1.85. The normalized spacial score (nSPS) is 11.4. The predicted octanol–water partition coefficient (Wildman–Crippen LogP) is 7.58. The fourth-order valence-electron chi connectivity index (χ4n) is 3.70. The van der Waals surface area contributed by atoms with Crippen LogP contribution in [0, 0.1) is 0 Å². The number of halogens is 1. The van der Waals surface area contributed by atoms with Gasteiger partial charge in [-0.15, -0.1) is 0 Å². The second-order valence-electron chi connectivity index (χ2n) is 6.37. The Bertz CT molecular complexity index is 1250. The smallest absolute Gasteiger partial charge is 0.0254 e. The third kappa shape index (κ3) is 2.35. The summed E-state index contributed by atoms with van der Waals surface area (Å²) in [6, 6.07) is 32.7. The minimum absolute atomic E-state index is 1.14. The molecule has 0 unspecified atom stereocenters. The van der Waals surface area contributed by atoms with Crippen molar-refractivity contribution in [3.05, 3.63) is 95.5 Å². The minimum Gasteiger partial charge on any atom is -0.0616 e. The molecule has 0 nitrogen and oxygen atoms in total. The standard InChI is InChI=1S/C24H15Br/c25-24-13-12-21(19-9-3-4-10-22(19)24)20-11-5-8-18-14-16-6-1-2-7-17(16)15-23(18)20/h1-15H. The van der Waals surface area contributed by atoms with Crippen molar-refractivity contribution in [3.8, 4) is 11.1 Å². The maximum atomic E-state index is 3.69. The van der Waals surface area contributed by atoms with Crippen molar-refractivity contribution < 1.29 is 0 Å². The van der Waals surface area contributed by atoms with Gasteiger partial charge in [0.05, 0.1) is 0 Å². The monoisotopic (exact) mass is 382 g/mol. The molecular weight excluding hydrogens is 368 g/mol. The molecule has 0 aliphatic rings. The first-order chi connectivity index (χ1) is 12.3. The van der Waals surface area contributed by atoms with Gasteiger partial charge in [-0.25, -0.2) is 0 Å². The van der Waals surface area contributed by atoms with Gasteiger partial charge in [0.2, 0.25) is 0 Å². The molecule has 0 spiro atoms. The first-order valence-electron chi connectivity index (χ1n) is 8.40. The molecule has 0 saturated carbocycles. The molecule has 0 saturated heterocycles. The Morgan fingerprint density at radius 2 is 1.08 bits per heavy atom. The van der Waals surface area contributed by atoms with Crippen LogP contribution in [0.2, 0.25) is 0 Å². The van der Waals surface area contributed by atoms with Crippen LogP contribution in [0.1, 0.15) is 0 Å². The van der Waals surface area contributed by atoms with Gasteiger partial charge in [0.15, 0.2) is 0 Å². The zero-order valence-electron chi connectivity index (χ0n) is 13.5. The number of fused-ring (bicyclic) bond motifs is 3. The Balaban J connectivity index is 1.90. The maximum Gasteiger partial charge on any atom is 0.0254 e. The molecule has 5 aromatic rings. The molecular formula is C24H15Br. The lowest BCUT2D eigenvalue weighted by molar-refractivity contribution is 1.67. The van der Waals surface area contributed by atoms with Crippen molar-refractivity contribution in [2.75, 3.05) is 0 Å². The van der Waals surface area contributed by atoms with Gasteiger partial charge in [0.1, 0.15) is 0 Å². The summed E-state index contributed by atoms with van der Waals surface area (Å²) < 4.78 is 1.14. The molecule has 0 bridgehead atoms. The van der Waals surface area contributed by atoms with Gasteiger partial charge >= 0.3 is 0 Å². The van der Waals surface area contributed by atoms with E-state index in [1.807, 2.05) is 0 Å². The molecule has 0 aromatic heterocycles. The number of hydrogen-bond donors (Lipinski definition) is 0. The van der Waals surface area contributed by atoms with E-state index in [2.05, 4.69) is 107 Å². The van der Waals surface area contributed by atoms with Crippen molar-refractivity contribution in [2.24, 2.45) is 0 Å². The first-order valence-corrected chi connectivity index (χ1v) is 9.20. The van der Waals surface area contributed by atoms with E-state index in [0.717, 1.165) is 4.47 Å². The summed E-state index contributed by atoms with van der Waals surface area (Å²) in [5.41, 5.74) is 2.56. The number of hydrogen-bond acceptors (Lipinski definition) is 0. The Morgan fingerprint density at radius 1 is 0.440 bits per heavy atom. The molecule has 0 heterocycles. The van der Waals surface area contributed by atoms with Crippen molar-refractivity contribution in [1.82, 2.24) is 0 Å². The van der Waals surface area contributed by atoms with Crippen LogP contribution in [0.25, 0.3) is 43.4 Å². The molecule has 5 rings (SSSR count). The van der Waals surface area contributed by atoms with Crippen LogP contribution >= 0.6 is 15.9 Å². The van der Waals surface area contributed by atoms with E-state index in [1.165, 1.54) is 43.4 Å². The Labute approximate surface area is 154 Å². The molecule has 0 aliphatic heterocycles. The molecule has 5 aromatic carbocycles. The quantitative estimate of drug-likeness (QED) is 0.262. The number of rotatable bonds is 1. The van der Waals surface area contributed by atoms with Crippen LogP contribution in [-0.4, -0.2) is 0 Å². The fourth-order valence-corrected chi connectivity index (χ4v) is 4.18. The van der Waals surface area contributed by atoms with Gasteiger partial charge < -0.3 is 0 Å². The predicted molar refractivity (Wildman–Crippen MR) is 112 cm³/mol. The Kier molecular flexibility index (Phi) is 3.36. The highest BCUT2D eigenvalue weighted by molar-refractivity contribution is 9.10. The lowest BCUT2D eigenvalue weighted by atomic mass is 9.92. The molecule has 118 valence electrons. The molecule has 0 atom stereocenters. The van der Waals surface area contributed by atoms with Gasteiger partial charge in [-0.3, -0.25) is 0 Å². The van der Waals surface area contributed by atoms with Crippen molar-refractivity contribution in [3.63, 3.8) is 0 Å². The summed E-state index contributed by atoms with van der Waals surface area (Å²) in [6.45, 7) is 0. The highest BCUT2D eigenvalue weighted by Crippen LogP contribution is 2.37. The van der Waals surface area contributed by atoms with Gasteiger partial charge in [-0.05, 0) is 61.6 Å². The lowest BCUT2D eigenvalue weighted by Gasteiger charge is -2.12. The van der Waals surface area contributed by atoms with Crippen molar-refractivity contribution in [2.45, 2.75) is 0 Å². The Morgan fingerprint density at radius 3 is 1.92 bits per heavy atom. The van der Waals surface area contributed by atoms with E-state index < -0.39 is 0 Å². The third-order valence-corrected chi connectivity index (χ3v) is 5.60. The van der Waals surface area contributed by atoms with Gasteiger partial charge in [-0.2, -0.15) is 0 Å². The summed E-state index contributed by atoms with van der Waals surface area (Å²) in [7, 11) is 0. The number of benzene rings is 5. The molecule has 0 amide bonds. The Hall–Kier alpha value is -2.64. The van der Waals surface area contributed by atoms with Crippen LogP contribution in [0.4, 0.5) is 0 Å². The summed E-state index contributed by atoms with van der Waals surface area (Å²) >= 11 is 3.69. The second kappa shape index (κ2) is 5.72. The van der Waals surface area contributed by atoms with E-state index in [-0.39, 0.29) is 0 Å². The van der Waals surface area contributed by atoms with Gasteiger partial charge in [-0.1, -0.05) is 88.7 Å². The highest BCUT2D eigenvalue weighted by Gasteiger charge is 2.10. The average Bonchev–Trinajstić information content (AvgIpc) is 2.67. The summed E-state index contributed by atoms with van der Waals surface area (Å²) in [4.78, 5) is 0. The van der Waals surface area contributed by atoms with Crippen LogP contribution in [0.15, 0.2) is 95.5 Å². The third-order valence-electron chi connectivity index (χ3n) is 4.91. The van der Waals surface area contributed by atoms with E-state index in [0.29, 0.717) is 0 Å². The molecule has 0 fully saturated rings. The SMILES string of the molecule is Brc1ccc(-c2cccc3cc4ccccc4cc23)c2ccccc12.